The molecule has 11 aromatic carbocycles. The molecule has 310 valence electrons. The summed E-state index contributed by atoms with van der Waals surface area (Å²) >= 11 is 0. The van der Waals surface area contributed by atoms with Crippen LogP contribution in [0, 0.1) is 0 Å². The van der Waals surface area contributed by atoms with Crippen molar-refractivity contribution in [3.05, 3.63) is 253 Å². The third-order valence-corrected chi connectivity index (χ3v) is 18.7. The predicted octanol–water partition coefficient (Wildman–Crippen LogP) is 15.2. The molecular weight excluding hydrogens is 813 g/mol. The van der Waals surface area contributed by atoms with Crippen LogP contribution < -0.4 is 15.3 Å². The molecule has 2 aliphatic rings. The molecule has 0 saturated carbocycles. The molecule has 3 heteroatoms. The molecule has 0 bridgehead atoms. The van der Waals surface area contributed by atoms with Crippen LogP contribution in [-0.4, -0.2) is 12.6 Å². The summed E-state index contributed by atoms with van der Waals surface area (Å²) in [6, 6.07) is 87.1. The number of anilines is 3. The molecular formula is C63H44N2Si. The number of rotatable bonds is 4. The molecule has 66 heavy (non-hydrogen) atoms. The fourth-order valence-electron chi connectivity index (χ4n) is 12.4. The largest absolute Gasteiger partial charge is 0.310 e. The highest BCUT2D eigenvalue weighted by atomic mass is 28.3. The van der Waals surface area contributed by atoms with Crippen molar-refractivity contribution < 1.29 is 0 Å². The standard InChI is InChI=1S/C63H44N2Si/c1-66(2)60-34-12-10-29-53(60)63(52-28-9-7-25-48(52)51-27-13-21-43-22-14-30-55(63)62(43)51)54-38-36-45(40-61(54)66)64(56-32-15-19-41-17-3-5-23-46(41)56)44-35-37-50-49-26-8-11-31-58(49)65(59(50)39-44)57-33-16-20-42-18-4-6-24-47(42)57/h3-40H,1-2H3. The molecule has 0 fully saturated rings. The molecule has 0 N–H and O–H groups in total. The lowest BCUT2D eigenvalue weighted by Gasteiger charge is -2.50. The highest BCUT2D eigenvalue weighted by Crippen LogP contribution is 2.56. The van der Waals surface area contributed by atoms with Gasteiger partial charge in [0, 0.05) is 32.9 Å². The molecule has 2 nitrogen and oxygen atoms in total. The molecule has 1 aromatic heterocycles. The molecule has 1 aliphatic heterocycles. The lowest BCUT2D eigenvalue weighted by Crippen LogP contribution is -2.63. The summed E-state index contributed by atoms with van der Waals surface area (Å²) in [6.45, 7) is 5.14. The van der Waals surface area contributed by atoms with E-state index in [0.29, 0.717) is 0 Å². The van der Waals surface area contributed by atoms with Crippen molar-refractivity contribution in [3.63, 3.8) is 0 Å². The van der Waals surface area contributed by atoms with E-state index in [1.165, 1.54) is 104 Å². The van der Waals surface area contributed by atoms with E-state index in [0.717, 1.165) is 17.1 Å². The van der Waals surface area contributed by atoms with E-state index in [-0.39, 0.29) is 0 Å². The molecule has 1 atom stereocenters. The van der Waals surface area contributed by atoms with Crippen LogP contribution in [0.3, 0.4) is 0 Å². The van der Waals surface area contributed by atoms with Gasteiger partial charge >= 0.3 is 0 Å². The number of nitrogens with zero attached hydrogens (tertiary/aromatic N) is 2. The summed E-state index contributed by atoms with van der Waals surface area (Å²) in [7, 11) is -2.35. The van der Waals surface area contributed by atoms with Gasteiger partial charge in [-0.15, -0.1) is 0 Å². The van der Waals surface area contributed by atoms with Crippen molar-refractivity contribution in [2.75, 3.05) is 4.90 Å². The molecule has 1 spiro atoms. The van der Waals surface area contributed by atoms with Crippen LogP contribution in [0.5, 0.6) is 0 Å². The molecule has 12 aromatic rings. The second kappa shape index (κ2) is 13.8. The summed E-state index contributed by atoms with van der Waals surface area (Å²) in [5, 5.41) is 13.0. The maximum absolute atomic E-state index is 2.59. The first-order valence-corrected chi connectivity index (χ1v) is 26.2. The van der Waals surface area contributed by atoms with Crippen LogP contribution in [0.25, 0.3) is 70.9 Å². The van der Waals surface area contributed by atoms with Crippen molar-refractivity contribution in [1.29, 1.82) is 0 Å². The molecule has 0 radical (unpaired) electrons. The third-order valence-electron chi connectivity index (χ3n) is 15.2. The lowest BCUT2D eigenvalue weighted by molar-refractivity contribution is 0.754. The van der Waals surface area contributed by atoms with E-state index >= 15 is 0 Å². The molecule has 0 amide bonds. The van der Waals surface area contributed by atoms with E-state index in [4.69, 9.17) is 0 Å². The highest BCUT2D eigenvalue weighted by molar-refractivity contribution is 7.01. The van der Waals surface area contributed by atoms with Crippen molar-refractivity contribution in [2.24, 2.45) is 0 Å². The number of fused-ring (bicyclic) bond motifs is 13. The SMILES string of the molecule is C[Si]1(C)c2ccccc2C2(c3ccccc3-c3cccc4cccc2c34)c2ccc(N(c3ccc4c5ccccc5n(-c5cccc6ccccc56)c4c3)c3cccc4ccccc34)cc21. The van der Waals surface area contributed by atoms with Gasteiger partial charge in [0.05, 0.1) is 27.8 Å². The first kappa shape index (κ1) is 37.4. The zero-order chi connectivity index (χ0) is 43.7. The first-order chi connectivity index (χ1) is 32.5. The van der Waals surface area contributed by atoms with E-state index in [1.54, 1.807) is 0 Å². The minimum atomic E-state index is -2.35. The van der Waals surface area contributed by atoms with E-state index in [1.807, 2.05) is 0 Å². The number of para-hydroxylation sites is 1. The van der Waals surface area contributed by atoms with Gasteiger partial charge in [-0.3, -0.25) is 0 Å². The quantitative estimate of drug-likeness (QED) is 0.160. The predicted molar refractivity (Wildman–Crippen MR) is 282 cm³/mol. The maximum Gasteiger partial charge on any atom is 0.113 e. The summed E-state index contributed by atoms with van der Waals surface area (Å²) in [5.41, 5.74) is 14.7. The Morgan fingerprint density at radius 3 is 1.80 bits per heavy atom. The number of hydrogen-bond acceptors (Lipinski definition) is 1. The van der Waals surface area contributed by atoms with Gasteiger partial charge in [0.2, 0.25) is 0 Å². The molecule has 1 unspecified atom stereocenters. The van der Waals surface area contributed by atoms with Crippen LogP contribution in [0.4, 0.5) is 17.1 Å². The normalized spacial score (nSPS) is 15.6. The Kier molecular flexibility index (Phi) is 7.80. The monoisotopic (exact) mass is 856 g/mol. The van der Waals surface area contributed by atoms with Gasteiger partial charge < -0.3 is 9.47 Å². The zero-order valence-corrected chi connectivity index (χ0v) is 37.8. The fourth-order valence-corrected chi connectivity index (χ4v) is 15.6. The summed E-state index contributed by atoms with van der Waals surface area (Å²) in [6.07, 6.45) is 0. The zero-order valence-electron chi connectivity index (χ0n) is 36.8. The van der Waals surface area contributed by atoms with Crippen molar-refractivity contribution in [1.82, 2.24) is 4.57 Å². The highest BCUT2D eigenvalue weighted by Gasteiger charge is 2.52. The number of hydrogen-bond donors (Lipinski definition) is 0. The van der Waals surface area contributed by atoms with E-state index in [9.17, 15) is 0 Å². The summed E-state index contributed by atoms with van der Waals surface area (Å²) in [4.78, 5) is 2.54. The molecule has 1 aliphatic carbocycles. The topological polar surface area (TPSA) is 8.17 Å². The van der Waals surface area contributed by atoms with Crippen LogP contribution in [0.15, 0.2) is 231 Å². The minimum absolute atomic E-state index is 0.500. The smallest absolute Gasteiger partial charge is 0.113 e. The van der Waals surface area contributed by atoms with E-state index < -0.39 is 13.5 Å². The number of aromatic nitrogens is 1. The Labute approximate surface area is 385 Å². The van der Waals surface area contributed by atoms with Gasteiger partial charge in [-0.2, -0.15) is 0 Å². The third kappa shape index (κ3) is 4.95. The average molecular weight is 857 g/mol. The Morgan fingerprint density at radius 1 is 0.379 bits per heavy atom. The fraction of sp³-hybridized carbons (Fsp3) is 0.0476. The first-order valence-electron chi connectivity index (χ1n) is 23.2. The lowest BCUT2D eigenvalue weighted by atomic mass is 9.59. The second-order valence-corrected chi connectivity index (χ2v) is 23.1. The van der Waals surface area contributed by atoms with Crippen LogP contribution in [-0.2, 0) is 5.41 Å². The van der Waals surface area contributed by atoms with Gasteiger partial charge in [-0.05, 0) is 108 Å². The van der Waals surface area contributed by atoms with Crippen molar-refractivity contribution in [3.8, 4) is 16.8 Å². The molecule has 0 saturated heterocycles. The maximum atomic E-state index is 2.59. The van der Waals surface area contributed by atoms with E-state index in [2.05, 4.69) is 253 Å². The van der Waals surface area contributed by atoms with Crippen LogP contribution in [0.1, 0.15) is 22.3 Å². The van der Waals surface area contributed by atoms with Crippen LogP contribution in [0.2, 0.25) is 13.1 Å². The van der Waals surface area contributed by atoms with Crippen molar-refractivity contribution in [2.45, 2.75) is 18.5 Å². The van der Waals surface area contributed by atoms with Gasteiger partial charge in [-0.25, -0.2) is 0 Å². The Morgan fingerprint density at radius 2 is 0.939 bits per heavy atom. The Hall–Kier alpha value is -7.98. The number of benzene rings is 11. The molecule has 14 rings (SSSR count). The van der Waals surface area contributed by atoms with Gasteiger partial charge in [-0.1, -0.05) is 201 Å². The summed E-state index contributed by atoms with van der Waals surface area (Å²) < 4.78 is 2.49. The minimum Gasteiger partial charge on any atom is -0.310 e. The van der Waals surface area contributed by atoms with Crippen molar-refractivity contribution >= 4 is 89.6 Å². The van der Waals surface area contributed by atoms with Gasteiger partial charge in [0.1, 0.15) is 8.07 Å². The second-order valence-electron chi connectivity index (χ2n) is 18.8. The molecule has 2 heterocycles. The summed E-state index contributed by atoms with van der Waals surface area (Å²) in [5.74, 6) is 0. The average Bonchev–Trinajstić information content (AvgIpc) is 3.70. The van der Waals surface area contributed by atoms with Gasteiger partial charge in [0.15, 0.2) is 0 Å². The van der Waals surface area contributed by atoms with Gasteiger partial charge in [0.25, 0.3) is 0 Å². The van der Waals surface area contributed by atoms with Crippen LogP contribution >= 0.6 is 0 Å². The Balaban J connectivity index is 1.08. The Bertz CT molecular complexity index is 3990.